The van der Waals surface area contributed by atoms with Gasteiger partial charge in [0.2, 0.25) is 23.6 Å². The number of nitrogens with one attached hydrogen (secondary N) is 4. The third kappa shape index (κ3) is 15.9. The highest BCUT2D eigenvalue weighted by Crippen LogP contribution is 2.12. The van der Waals surface area contributed by atoms with Gasteiger partial charge in [0.05, 0.1) is 19.7 Å². The van der Waals surface area contributed by atoms with Crippen molar-refractivity contribution in [2.24, 2.45) is 5.92 Å². The van der Waals surface area contributed by atoms with Crippen LogP contribution < -0.4 is 21.3 Å². The summed E-state index contributed by atoms with van der Waals surface area (Å²) in [6, 6.07) is 20.2. The lowest BCUT2D eigenvalue weighted by Gasteiger charge is -2.23. The minimum absolute atomic E-state index is 0.151. The average molecular weight is 686 g/mol. The van der Waals surface area contributed by atoms with Crippen LogP contribution in [0.25, 0.3) is 0 Å². The summed E-state index contributed by atoms with van der Waals surface area (Å²) < 4.78 is 5.59. The Kier molecular flexibility index (Phi) is 17.8. The molecule has 1 aromatic heterocycles. The molecule has 11 heteroatoms. The summed E-state index contributed by atoms with van der Waals surface area (Å²) >= 11 is 0. The molecule has 0 fully saturated rings. The summed E-state index contributed by atoms with van der Waals surface area (Å²) in [5.74, 6) is -1.85. The number of rotatable bonds is 22. The number of pyridine rings is 1. The number of carbonyl (C=O) groups excluding carboxylic acids is 5. The number of hydrogen-bond donors (Lipinski definition) is 4. The normalized spacial score (nSPS) is 12.5. The highest BCUT2D eigenvalue weighted by atomic mass is 16.5. The Labute approximate surface area is 295 Å². The summed E-state index contributed by atoms with van der Waals surface area (Å²) in [5.41, 5.74) is 2.70. The van der Waals surface area contributed by atoms with Gasteiger partial charge >= 0.3 is 5.97 Å². The van der Waals surface area contributed by atoms with Crippen LogP contribution in [0.15, 0.2) is 85.2 Å². The summed E-state index contributed by atoms with van der Waals surface area (Å²) in [5, 5.41) is 10.6. The second-order valence-corrected chi connectivity index (χ2v) is 12.5. The molecule has 0 saturated carbocycles. The largest absolute Gasteiger partial charge is 0.464 e. The van der Waals surface area contributed by atoms with Gasteiger partial charge in [-0.25, -0.2) is 4.79 Å². The lowest BCUT2D eigenvalue weighted by atomic mass is 10.0. The zero-order chi connectivity index (χ0) is 36.0. The average Bonchev–Trinajstić information content (AvgIpc) is 3.13. The molecule has 0 aliphatic heterocycles. The monoisotopic (exact) mass is 685 g/mol. The molecule has 3 rings (SSSR count). The minimum Gasteiger partial charge on any atom is -0.464 e. The molecule has 0 aliphatic rings. The molecule has 4 N–H and O–H groups in total. The highest BCUT2D eigenvalue weighted by molar-refractivity contribution is 5.93. The second kappa shape index (κ2) is 22.6. The molecule has 50 heavy (non-hydrogen) atoms. The molecule has 0 bridgehead atoms. The fourth-order valence-electron chi connectivity index (χ4n) is 5.21. The Morgan fingerprint density at radius 3 is 1.92 bits per heavy atom. The van der Waals surface area contributed by atoms with E-state index >= 15 is 0 Å². The van der Waals surface area contributed by atoms with Crippen LogP contribution in [0.5, 0.6) is 0 Å². The zero-order valence-corrected chi connectivity index (χ0v) is 29.2. The first-order valence-electron chi connectivity index (χ1n) is 17.5. The number of ether oxygens (including phenoxy) is 1. The van der Waals surface area contributed by atoms with Gasteiger partial charge in [0.1, 0.15) is 12.1 Å². The van der Waals surface area contributed by atoms with Crippen molar-refractivity contribution in [1.29, 1.82) is 0 Å². The molecule has 11 nitrogen and oxygen atoms in total. The first-order chi connectivity index (χ1) is 24.2. The van der Waals surface area contributed by atoms with Gasteiger partial charge in [-0.2, -0.15) is 0 Å². The van der Waals surface area contributed by atoms with E-state index in [9.17, 15) is 24.0 Å². The predicted molar refractivity (Wildman–Crippen MR) is 192 cm³/mol. The van der Waals surface area contributed by atoms with E-state index in [-0.39, 0.29) is 31.9 Å². The zero-order valence-electron chi connectivity index (χ0n) is 29.2. The van der Waals surface area contributed by atoms with Crippen molar-refractivity contribution >= 4 is 29.6 Å². The van der Waals surface area contributed by atoms with Gasteiger partial charge in [-0.1, -0.05) is 93.8 Å². The van der Waals surface area contributed by atoms with E-state index < -0.39 is 42.3 Å². The number of aryl methyl sites for hydroxylation is 1. The number of esters is 1. The Balaban J connectivity index is 1.56. The number of hydrogen-bond acceptors (Lipinski definition) is 7. The van der Waals surface area contributed by atoms with E-state index in [1.807, 2.05) is 72.8 Å². The van der Waals surface area contributed by atoms with E-state index in [2.05, 4.69) is 40.1 Å². The van der Waals surface area contributed by atoms with Crippen molar-refractivity contribution in [1.82, 2.24) is 26.3 Å². The Bertz CT molecular complexity index is 1470. The molecular weight excluding hydrogens is 634 g/mol. The van der Waals surface area contributed by atoms with Gasteiger partial charge in [-0.05, 0) is 54.0 Å². The van der Waals surface area contributed by atoms with E-state index in [0.29, 0.717) is 25.2 Å². The van der Waals surface area contributed by atoms with Crippen LogP contribution in [0.3, 0.4) is 0 Å². The van der Waals surface area contributed by atoms with E-state index in [0.717, 1.165) is 42.4 Å². The smallest absolute Gasteiger partial charge is 0.328 e. The van der Waals surface area contributed by atoms with Gasteiger partial charge in [0, 0.05) is 31.7 Å². The molecule has 3 atom stereocenters. The summed E-state index contributed by atoms with van der Waals surface area (Å²) in [4.78, 5) is 68.5. The second-order valence-electron chi connectivity index (χ2n) is 12.5. The maximum Gasteiger partial charge on any atom is 0.328 e. The van der Waals surface area contributed by atoms with Gasteiger partial charge in [-0.3, -0.25) is 24.2 Å². The maximum absolute atomic E-state index is 13.7. The Hall–Kier alpha value is -5.06. The third-order valence-electron chi connectivity index (χ3n) is 8.36. The quantitative estimate of drug-likeness (QED) is 0.0925. The van der Waals surface area contributed by atoms with Crippen LogP contribution >= 0.6 is 0 Å². The lowest BCUT2D eigenvalue weighted by Crippen LogP contribution is -2.54. The molecular formula is C39H51N5O6. The SMILES string of the molecule is CCC(C)CCCCC(=O)NCC(=O)NCC(=O)N[C@@H](Cc1ccccc1)C(=O)N[C@@H](Cc1ccccc1)C(=O)OCCCc1ccncc1. The van der Waals surface area contributed by atoms with Gasteiger partial charge in [-0.15, -0.1) is 0 Å². The molecule has 1 unspecified atom stereocenters. The predicted octanol–water partition coefficient (Wildman–Crippen LogP) is 3.85. The molecule has 1 heterocycles. The number of carbonyl (C=O) groups is 5. The van der Waals surface area contributed by atoms with Gasteiger partial charge in [0.15, 0.2) is 0 Å². The van der Waals surface area contributed by atoms with Crippen LogP contribution in [0.2, 0.25) is 0 Å². The van der Waals surface area contributed by atoms with Crippen LogP contribution in [-0.4, -0.2) is 66.4 Å². The standard InChI is InChI=1S/C39H51N5O6/c1-3-29(2)13-10-11-19-35(45)41-27-36(46)42-28-37(47)43-33(25-31-14-6-4-7-15-31)38(48)44-34(26-32-16-8-5-9-17-32)39(49)50-24-12-18-30-20-22-40-23-21-30/h4-9,14-17,20-23,29,33-34H,3,10-13,18-19,24-28H2,1-2H3,(H,41,45)(H,42,46)(H,43,47)(H,44,48)/t29?,33-,34-/m0/s1. The van der Waals surface area contributed by atoms with Crippen LogP contribution in [0.4, 0.5) is 0 Å². The summed E-state index contributed by atoms with van der Waals surface area (Å²) in [7, 11) is 0. The molecule has 0 spiro atoms. The minimum atomic E-state index is -1.05. The first kappa shape index (κ1) is 39.4. The highest BCUT2D eigenvalue weighted by Gasteiger charge is 2.28. The molecule has 3 aromatic rings. The fraction of sp³-hybridized carbons (Fsp3) is 0.436. The molecule has 268 valence electrons. The van der Waals surface area contributed by atoms with Gasteiger partial charge < -0.3 is 26.0 Å². The molecule has 4 amide bonds. The third-order valence-corrected chi connectivity index (χ3v) is 8.36. The maximum atomic E-state index is 13.7. The van der Waals surface area contributed by atoms with Crippen molar-refractivity contribution in [3.05, 3.63) is 102 Å². The first-order valence-corrected chi connectivity index (χ1v) is 17.5. The van der Waals surface area contributed by atoms with Crippen molar-refractivity contribution in [3.63, 3.8) is 0 Å². The molecule has 0 aliphatic carbocycles. The van der Waals surface area contributed by atoms with Crippen LogP contribution in [0, 0.1) is 5.92 Å². The molecule has 0 saturated heterocycles. The topological polar surface area (TPSA) is 156 Å². The van der Waals surface area contributed by atoms with E-state index in [1.165, 1.54) is 0 Å². The van der Waals surface area contributed by atoms with Crippen LogP contribution in [0.1, 0.15) is 69.1 Å². The van der Waals surface area contributed by atoms with Gasteiger partial charge in [0.25, 0.3) is 0 Å². The molecule has 2 aromatic carbocycles. The van der Waals surface area contributed by atoms with Crippen molar-refractivity contribution < 1.29 is 28.7 Å². The van der Waals surface area contributed by atoms with Crippen molar-refractivity contribution in [2.75, 3.05) is 19.7 Å². The van der Waals surface area contributed by atoms with Crippen molar-refractivity contribution in [3.8, 4) is 0 Å². The number of nitrogens with zero attached hydrogens (tertiary/aromatic N) is 1. The van der Waals surface area contributed by atoms with Crippen molar-refractivity contribution in [2.45, 2.75) is 83.7 Å². The Morgan fingerprint density at radius 1 is 0.680 bits per heavy atom. The number of unbranched alkanes of at least 4 members (excludes halogenated alkanes) is 1. The number of aromatic nitrogens is 1. The number of benzene rings is 2. The summed E-state index contributed by atoms with van der Waals surface area (Å²) in [6.07, 6.45) is 9.29. The fourth-order valence-corrected chi connectivity index (χ4v) is 5.21. The van der Waals surface area contributed by atoms with Crippen LogP contribution in [-0.2, 0) is 48.0 Å². The lowest BCUT2D eigenvalue weighted by molar-refractivity contribution is -0.148. The van der Waals surface area contributed by atoms with E-state index in [4.69, 9.17) is 4.74 Å². The molecule has 0 radical (unpaired) electrons. The number of amides is 4. The van der Waals surface area contributed by atoms with E-state index in [1.54, 1.807) is 12.4 Å². The summed E-state index contributed by atoms with van der Waals surface area (Å²) in [6.45, 7) is 3.85. The Morgan fingerprint density at radius 2 is 1.28 bits per heavy atom.